The molecule has 0 unspecified atom stereocenters. The number of aromatic nitrogens is 2. The van der Waals surface area contributed by atoms with E-state index in [1.165, 1.54) is 10.6 Å². The SMILES string of the molecule is CNc1cc([C@H]2CCCN2C(=O)c2ccc(=O)n(C)c2)ccn1. The molecule has 1 amide bonds. The summed E-state index contributed by atoms with van der Waals surface area (Å²) in [5.74, 6) is 0.759. The third-order valence-electron chi connectivity index (χ3n) is 4.27. The summed E-state index contributed by atoms with van der Waals surface area (Å²) in [6.07, 6.45) is 5.27. The van der Waals surface area contributed by atoms with Crippen molar-refractivity contribution in [3.8, 4) is 0 Å². The molecule has 1 aliphatic rings. The summed E-state index contributed by atoms with van der Waals surface area (Å²) in [6, 6.07) is 7.03. The predicted octanol–water partition coefficient (Wildman–Crippen LogP) is 1.80. The number of amides is 1. The van der Waals surface area contributed by atoms with Gasteiger partial charge in [0.25, 0.3) is 5.91 Å². The minimum Gasteiger partial charge on any atom is -0.373 e. The Balaban J connectivity index is 1.89. The standard InChI is InChI=1S/C17H20N4O2/c1-18-15-10-12(7-8-19-15)14-4-3-9-21(14)17(23)13-5-6-16(22)20(2)11-13/h5-8,10-11,14H,3-4,9H2,1-2H3,(H,18,19)/t14-/m1/s1. The highest BCUT2D eigenvalue weighted by Gasteiger charge is 2.31. The Morgan fingerprint density at radius 1 is 1.35 bits per heavy atom. The Bertz CT molecular complexity index is 784. The molecule has 3 heterocycles. The van der Waals surface area contributed by atoms with Gasteiger partial charge in [0.15, 0.2) is 0 Å². The van der Waals surface area contributed by atoms with Crippen molar-refractivity contribution in [2.45, 2.75) is 18.9 Å². The summed E-state index contributed by atoms with van der Waals surface area (Å²) in [5.41, 5.74) is 1.51. The lowest BCUT2D eigenvalue weighted by Crippen LogP contribution is -2.31. The zero-order valence-electron chi connectivity index (χ0n) is 13.3. The van der Waals surface area contributed by atoms with E-state index >= 15 is 0 Å². The van der Waals surface area contributed by atoms with Gasteiger partial charge >= 0.3 is 0 Å². The molecule has 6 nitrogen and oxygen atoms in total. The number of nitrogens with one attached hydrogen (secondary N) is 1. The van der Waals surface area contributed by atoms with E-state index in [9.17, 15) is 9.59 Å². The second kappa shape index (κ2) is 6.24. The van der Waals surface area contributed by atoms with Crippen molar-refractivity contribution < 1.29 is 4.79 Å². The van der Waals surface area contributed by atoms with Crippen molar-refractivity contribution in [1.82, 2.24) is 14.5 Å². The lowest BCUT2D eigenvalue weighted by atomic mass is 10.1. The highest BCUT2D eigenvalue weighted by atomic mass is 16.2. The molecule has 2 aromatic heterocycles. The lowest BCUT2D eigenvalue weighted by molar-refractivity contribution is 0.0734. The number of likely N-dealkylation sites (tertiary alicyclic amines) is 1. The molecule has 1 N–H and O–H groups in total. The minimum absolute atomic E-state index is 0.0362. The van der Waals surface area contributed by atoms with Crippen molar-refractivity contribution in [1.29, 1.82) is 0 Å². The molecule has 0 radical (unpaired) electrons. The largest absolute Gasteiger partial charge is 0.373 e. The van der Waals surface area contributed by atoms with E-state index in [1.807, 2.05) is 24.1 Å². The molecule has 0 saturated carbocycles. The summed E-state index contributed by atoms with van der Waals surface area (Å²) in [5, 5.41) is 3.03. The molecule has 120 valence electrons. The van der Waals surface area contributed by atoms with Crippen LogP contribution in [0.3, 0.4) is 0 Å². The van der Waals surface area contributed by atoms with Crippen LogP contribution < -0.4 is 10.9 Å². The van der Waals surface area contributed by atoms with Crippen LogP contribution in [0.1, 0.15) is 34.8 Å². The maximum absolute atomic E-state index is 12.8. The number of nitrogens with zero attached hydrogens (tertiary/aromatic N) is 3. The summed E-state index contributed by atoms with van der Waals surface area (Å²) >= 11 is 0. The molecule has 23 heavy (non-hydrogen) atoms. The van der Waals surface area contributed by atoms with Crippen LogP contribution in [-0.2, 0) is 7.05 Å². The van der Waals surface area contributed by atoms with Gasteiger partial charge in [0.2, 0.25) is 5.56 Å². The minimum atomic E-state index is -0.118. The van der Waals surface area contributed by atoms with Gasteiger partial charge in [-0.1, -0.05) is 0 Å². The van der Waals surface area contributed by atoms with Gasteiger partial charge in [0.05, 0.1) is 11.6 Å². The zero-order valence-corrected chi connectivity index (χ0v) is 13.3. The molecule has 1 fully saturated rings. The molecule has 0 spiro atoms. The van der Waals surface area contributed by atoms with Gasteiger partial charge in [0.1, 0.15) is 5.82 Å². The van der Waals surface area contributed by atoms with Crippen LogP contribution in [0.25, 0.3) is 0 Å². The Kier molecular flexibility index (Phi) is 4.14. The molecule has 0 aromatic carbocycles. The highest BCUT2D eigenvalue weighted by Crippen LogP contribution is 2.33. The van der Waals surface area contributed by atoms with E-state index in [2.05, 4.69) is 10.3 Å². The van der Waals surface area contributed by atoms with Crippen LogP contribution in [0.15, 0.2) is 41.5 Å². The number of carbonyl (C=O) groups excluding carboxylic acids is 1. The summed E-state index contributed by atoms with van der Waals surface area (Å²) in [6.45, 7) is 0.726. The first-order chi connectivity index (χ1) is 11.1. The molecular formula is C17H20N4O2. The second-order valence-corrected chi connectivity index (χ2v) is 5.75. The Labute approximate surface area is 134 Å². The van der Waals surface area contributed by atoms with Crippen LogP contribution in [0.4, 0.5) is 5.82 Å². The first-order valence-electron chi connectivity index (χ1n) is 7.71. The molecule has 6 heteroatoms. The normalized spacial score (nSPS) is 17.3. The second-order valence-electron chi connectivity index (χ2n) is 5.75. The van der Waals surface area contributed by atoms with Gasteiger partial charge in [-0.2, -0.15) is 0 Å². The lowest BCUT2D eigenvalue weighted by Gasteiger charge is -2.25. The van der Waals surface area contributed by atoms with Crippen LogP contribution >= 0.6 is 0 Å². The van der Waals surface area contributed by atoms with Crippen LogP contribution in [-0.4, -0.2) is 34.0 Å². The fourth-order valence-corrected chi connectivity index (χ4v) is 3.03. The first-order valence-corrected chi connectivity index (χ1v) is 7.71. The number of hydrogen-bond donors (Lipinski definition) is 1. The number of hydrogen-bond acceptors (Lipinski definition) is 4. The van der Waals surface area contributed by atoms with E-state index in [4.69, 9.17) is 0 Å². The highest BCUT2D eigenvalue weighted by molar-refractivity contribution is 5.94. The van der Waals surface area contributed by atoms with Crippen molar-refractivity contribution in [2.24, 2.45) is 7.05 Å². The Morgan fingerprint density at radius 3 is 2.91 bits per heavy atom. The number of anilines is 1. The maximum atomic E-state index is 12.8. The number of rotatable bonds is 3. The van der Waals surface area contributed by atoms with E-state index in [-0.39, 0.29) is 17.5 Å². The summed E-state index contributed by atoms with van der Waals surface area (Å²) in [4.78, 5) is 30.4. The quantitative estimate of drug-likeness (QED) is 0.938. The number of pyridine rings is 2. The number of carbonyl (C=O) groups is 1. The van der Waals surface area contributed by atoms with Gasteiger partial charge < -0.3 is 14.8 Å². The van der Waals surface area contributed by atoms with E-state index in [0.717, 1.165) is 30.8 Å². The summed E-state index contributed by atoms with van der Waals surface area (Å²) in [7, 11) is 3.48. The molecule has 1 aliphatic heterocycles. The van der Waals surface area contributed by atoms with Crippen molar-refractivity contribution >= 4 is 11.7 Å². The van der Waals surface area contributed by atoms with Gasteiger partial charge in [-0.25, -0.2) is 4.98 Å². The molecule has 3 rings (SSSR count). The van der Waals surface area contributed by atoms with Gasteiger partial charge in [-0.05, 0) is 36.6 Å². The van der Waals surface area contributed by atoms with Crippen molar-refractivity contribution in [2.75, 3.05) is 18.9 Å². The van der Waals surface area contributed by atoms with Gasteiger partial charge in [-0.15, -0.1) is 0 Å². The number of aryl methyl sites for hydroxylation is 1. The molecule has 0 aliphatic carbocycles. The van der Waals surface area contributed by atoms with Crippen LogP contribution in [0.2, 0.25) is 0 Å². The fraction of sp³-hybridized carbons (Fsp3) is 0.353. The van der Waals surface area contributed by atoms with Crippen molar-refractivity contribution in [3.63, 3.8) is 0 Å². The van der Waals surface area contributed by atoms with Crippen molar-refractivity contribution in [3.05, 3.63) is 58.1 Å². The topological polar surface area (TPSA) is 67.2 Å². The van der Waals surface area contributed by atoms with E-state index < -0.39 is 0 Å². The fourth-order valence-electron chi connectivity index (χ4n) is 3.03. The molecule has 2 aromatic rings. The molecule has 1 atom stereocenters. The van der Waals surface area contributed by atoms with E-state index in [0.29, 0.717) is 5.56 Å². The summed E-state index contributed by atoms with van der Waals surface area (Å²) < 4.78 is 1.43. The first kappa shape index (κ1) is 15.3. The average molecular weight is 312 g/mol. The maximum Gasteiger partial charge on any atom is 0.255 e. The van der Waals surface area contributed by atoms with Gasteiger partial charge in [-0.3, -0.25) is 9.59 Å². The Morgan fingerprint density at radius 2 is 2.17 bits per heavy atom. The average Bonchev–Trinajstić information content (AvgIpc) is 3.06. The predicted molar refractivity (Wildman–Crippen MR) is 88.5 cm³/mol. The molecule has 0 bridgehead atoms. The smallest absolute Gasteiger partial charge is 0.255 e. The molecule has 1 saturated heterocycles. The third kappa shape index (κ3) is 2.97. The monoisotopic (exact) mass is 312 g/mol. The van der Waals surface area contributed by atoms with Crippen LogP contribution in [0.5, 0.6) is 0 Å². The van der Waals surface area contributed by atoms with Gasteiger partial charge in [0, 0.05) is 39.1 Å². The Hall–Kier alpha value is -2.63. The zero-order chi connectivity index (χ0) is 16.4. The third-order valence-corrected chi connectivity index (χ3v) is 4.27. The van der Waals surface area contributed by atoms with Crippen LogP contribution in [0, 0.1) is 0 Å². The van der Waals surface area contributed by atoms with E-state index in [1.54, 1.807) is 25.5 Å². The molecular weight excluding hydrogens is 292 g/mol.